The van der Waals surface area contributed by atoms with Gasteiger partial charge in [-0.15, -0.1) is 0 Å². The van der Waals surface area contributed by atoms with Gasteiger partial charge in [-0.2, -0.15) is 0 Å². The van der Waals surface area contributed by atoms with Gasteiger partial charge in [-0.1, -0.05) is 60.7 Å². The van der Waals surface area contributed by atoms with Crippen LogP contribution in [-0.4, -0.2) is 25.9 Å². The fraction of sp³-hybridized carbons (Fsp3) is 0.111. The minimum Gasteiger partial charge on any atom is -0.453 e. The Kier molecular flexibility index (Phi) is 6.20. The maximum absolute atomic E-state index is 13.1. The van der Waals surface area contributed by atoms with Crippen molar-refractivity contribution >= 4 is 27.8 Å². The molecule has 0 bridgehead atoms. The normalized spacial score (nSPS) is 13.2. The van der Waals surface area contributed by atoms with Gasteiger partial charge >= 0.3 is 5.97 Å². The van der Waals surface area contributed by atoms with Gasteiger partial charge in [0.15, 0.2) is 12.4 Å². The highest BCUT2D eigenvalue weighted by Crippen LogP contribution is 2.32. The topological polar surface area (TPSA) is 89.7 Å². The molecule has 0 fully saturated rings. The zero-order chi connectivity index (χ0) is 24.3. The Morgan fingerprint density at radius 3 is 2.54 bits per heavy atom. The zero-order valence-corrected chi connectivity index (χ0v) is 19.5. The molecule has 5 rings (SSSR count). The molecule has 2 heterocycles. The van der Waals surface area contributed by atoms with E-state index in [0.717, 1.165) is 16.8 Å². The van der Waals surface area contributed by atoms with E-state index in [4.69, 9.17) is 9.15 Å². The third-order valence-corrected chi connectivity index (χ3v) is 7.50. The molecular formula is C27H22N2O5S. The van der Waals surface area contributed by atoms with Crippen molar-refractivity contribution < 1.29 is 22.4 Å². The highest BCUT2D eigenvalue weighted by Gasteiger charge is 2.30. The van der Waals surface area contributed by atoms with E-state index in [2.05, 4.69) is 4.98 Å². The van der Waals surface area contributed by atoms with Crippen LogP contribution in [0.3, 0.4) is 0 Å². The molecule has 0 saturated carbocycles. The summed E-state index contributed by atoms with van der Waals surface area (Å²) in [7, 11) is -3.66. The number of oxazole rings is 1. The number of para-hydroxylation sites is 1. The van der Waals surface area contributed by atoms with Crippen LogP contribution < -0.4 is 4.31 Å². The number of benzene rings is 3. The number of carbonyl (C=O) groups is 1. The number of nitrogens with zero attached hydrogens (tertiary/aromatic N) is 2. The number of sulfonamides is 1. The fourth-order valence-electron chi connectivity index (χ4n) is 3.89. The van der Waals surface area contributed by atoms with Crippen LogP contribution in [0.1, 0.15) is 17.0 Å². The van der Waals surface area contributed by atoms with Crippen LogP contribution in [0.2, 0.25) is 0 Å². The molecule has 1 aliphatic heterocycles. The molecule has 176 valence electrons. The van der Waals surface area contributed by atoms with Gasteiger partial charge in [0, 0.05) is 18.2 Å². The lowest BCUT2D eigenvalue weighted by Crippen LogP contribution is -2.29. The Morgan fingerprint density at radius 1 is 1.00 bits per heavy atom. The number of aromatic nitrogens is 1. The van der Waals surface area contributed by atoms with Gasteiger partial charge in [-0.3, -0.25) is 4.31 Å². The number of carbonyl (C=O) groups excluding carboxylic acids is 1. The van der Waals surface area contributed by atoms with Crippen molar-refractivity contribution in [2.24, 2.45) is 0 Å². The van der Waals surface area contributed by atoms with Crippen LogP contribution >= 0.6 is 0 Å². The molecular weight excluding hydrogens is 464 g/mol. The number of hydrogen-bond acceptors (Lipinski definition) is 6. The van der Waals surface area contributed by atoms with Crippen molar-refractivity contribution in [2.45, 2.75) is 17.9 Å². The molecule has 1 aromatic heterocycles. The predicted molar refractivity (Wildman–Crippen MR) is 132 cm³/mol. The predicted octanol–water partition coefficient (Wildman–Crippen LogP) is 4.85. The molecule has 0 atom stereocenters. The summed E-state index contributed by atoms with van der Waals surface area (Å²) >= 11 is 0. The van der Waals surface area contributed by atoms with Crippen LogP contribution in [0, 0.1) is 0 Å². The number of hydrogen-bond donors (Lipinski definition) is 0. The summed E-state index contributed by atoms with van der Waals surface area (Å²) in [6.07, 6.45) is 5.13. The van der Waals surface area contributed by atoms with Gasteiger partial charge in [-0.25, -0.2) is 18.2 Å². The van der Waals surface area contributed by atoms with Gasteiger partial charge in [0.05, 0.1) is 16.8 Å². The van der Waals surface area contributed by atoms with E-state index in [0.29, 0.717) is 30.2 Å². The largest absolute Gasteiger partial charge is 0.453 e. The van der Waals surface area contributed by atoms with Crippen LogP contribution in [0.4, 0.5) is 5.69 Å². The molecule has 0 radical (unpaired) electrons. The summed E-state index contributed by atoms with van der Waals surface area (Å²) in [4.78, 5) is 16.4. The monoisotopic (exact) mass is 486 g/mol. The second-order valence-electron chi connectivity index (χ2n) is 7.95. The van der Waals surface area contributed by atoms with E-state index in [-0.39, 0.29) is 11.5 Å². The quantitative estimate of drug-likeness (QED) is 0.274. The SMILES string of the molecule is O=C(/C=C/c1ccc(S(=O)(=O)N2CCc3ccccc32)cc1)OCc1ncc(-c2ccccc2)o1. The standard InChI is InChI=1S/C27H22N2O5S/c30-27(33-19-26-28-18-25(34-26)22-7-2-1-3-8-22)15-12-20-10-13-23(14-11-20)35(31,32)29-17-16-21-6-4-5-9-24(21)29/h1-15,18H,16-17,19H2/b15-12+. The van der Waals surface area contributed by atoms with E-state index in [1.54, 1.807) is 36.5 Å². The summed E-state index contributed by atoms with van der Waals surface area (Å²) in [6, 6.07) is 23.4. The fourth-order valence-corrected chi connectivity index (χ4v) is 5.40. The maximum Gasteiger partial charge on any atom is 0.331 e. The Morgan fingerprint density at radius 2 is 1.74 bits per heavy atom. The number of fused-ring (bicyclic) bond motifs is 1. The first kappa shape index (κ1) is 22.6. The molecule has 3 aromatic carbocycles. The second-order valence-corrected chi connectivity index (χ2v) is 9.81. The second kappa shape index (κ2) is 9.60. The summed E-state index contributed by atoms with van der Waals surface area (Å²) in [5.74, 6) is 0.332. The van der Waals surface area contributed by atoms with Crippen LogP contribution in [-0.2, 0) is 32.6 Å². The first-order chi connectivity index (χ1) is 17.0. The summed E-state index contributed by atoms with van der Waals surface area (Å²) in [6.45, 7) is 0.330. The van der Waals surface area contributed by atoms with Gasteiger partial charge in [0.2, 0.25) is 5.89 Å². The van der Waals surface area contributed by atoms with Crippen molar-refractivity contribution in [3.8, 4) is 11.3 Å². The highest BCUT2D eigenvalue weighted by molar-refractivity contribution is 7.92. The van der Waals surface area contributed by atoms with E-state index in [1.165, 1.54) is 10.4 Å². The molecule has 0 saturated heterocycles. The highest BCUT2D eigenvalue weighted by atomic mass is 32.2. The van der Waals surface area contributed by atoms with Crippen molar-refractivity contribution in [3.63, 3.8) is 0 Å². The average Bonchev–Trinajstić information content (AvgIpc) is 3.55. The zero-order valence-electron chi connectivity index (χ0n) is 18.7. The van der Waals surface area contributed by atoms with Crippen molar-refractivity contribution in [3.05, 3.63) is 108 Å². The first-order valence-electron chi connectivity index (χ1n) is 11.1. The molecule has 7 nitrogen and oxygen atoms in total. The Hall–Kier alpha value is -4.17. The first-order valence-corrected chi connectivity index (χ1v) is 12.5. The Bertz CT molecular complexity index is 1480. The van der Waals surface area contributed by atoms with E-state index in [9.17, 15) is 13.2 Å². The lowest BCUT2D eigenvalue weighted by molar-refractivity contribution is -0.139. The van der Waals surface area contributed by atoms with Crippen LogP contribution in [0.5, 0.6) is 0 Å². The van der Waals surface area contributed by atoms with Gasteiger partial charge in [0.25, 0.3) is 10.0 Å². The number of rotatable bonds is 7. The molecule has 0 N–H and O–H groups in total. The summed E-state index contributed by atoms with van der Waals surface area (Å²) < 4.78 is 38.5. The number of ether oxygens (including phenoxy) is 1. The summed E-state index contributed by atoms with van der Waals surface area (Å²) in [5.41, 5.74) is 3.30. The minimum absolute atomic E-state index is 0.0928. The summed E-state index contributed by atoms with van der Waals surface area (Å²) in [5, 5.41) is 0. The van der Waals surface area contributed by atoms with E-state index >= 15 is 0 Å². The number of anilines is 1. The van der Waals surface area contributed by atoms with Crippen molar-refractivity contribution in [2.75, 3.05) is 10.8 Å². The molecule has 0 spiro atoms. The van der Waals surface area contributed by atoms with Gasteiger partial charge in [-0.05, 0) is 41.8 Å². The maximum atomic E-state index is 13.1. The lowest BCUT2D eigenvalue weighted by Gasteiger charge is -2.19. The number of esters is 1. The lowest BCUT2D eigenvalue weighted by atomic mass is 10.2. The molecule has 0 amide bonds. The molecule has 35 heavy (non-hydrogen) atoms. The van der Waals surface area contributed by atoms with Crippen LogP contribution in [0.15, 0.2) is 100 Å². The molecule has 0 aliphatic carbocycles. The van der Waals surface area contributed by atoms with Crippen molar-refractivity contribution in [1.29, 1.82) is 0 Å². The average molecular weight is 487 g/mol. The van der Waals surface area contributed by atoms with Gasteiger partial charge in [0.1, 0.15) is 0 Å². The van der Waals surface area contributed by atoms with E-state index in [1.807, 2.05) is 54.6 Å². The Balaban J connectivity index is 1.19. The van der Waals surface area contributed by atoms with E-state index < -0.39 is 16.0 Å². The van der Waals surface area contributed by atoms with Gasteiger partial charge < -0.3 is 9.15 Å². The Labute approximate surface area is 203 Å². The van der Waals surface area contributed by atoms with Crippen LogP contribution in [0.25, 0.3) is 17.4 Å². The smallest absolute Gasteiger partial charge is 0.331 e. The molecule has 0 unspecified atom stereocenters. The molecule has 8 heteroatoms. The van der Waals surface area contributed by atoms with Crippen molar-refractivity contribution in [1.82, 2.24) is 4.98 Å². The molecule has 1 aliphatic rings. The third kappa shape index (κ3) is 4.88. The minimum atomic E-state index is -3.66. The third-order valence-electron chi connectivity index (χ3n) is 5.67. The molecule has 4 aromatic rings.